The molecule has 1 amide bonds. The quantitative estimate of drug-likeness (QED) is 0.830. The molecule has 0 spiro atoms. The second-order valence-corrected chi connectivity index (χ2v) is 8.59. The molecule has 1 rings (SSSR count). The van der Waals surface area contributed by atoms with Crippen molar-refractivity contribution in [3.8, 4) is 0 Å². The van der Waals surface area contributed by atoms with E-state index in [-0.39, 0.29) is 16.7 Å². The Kier molecular flexibility index (Phi) is 5.25. The van der Waals surface area contributed by atoms with Crippen molar-refractivity contribution in [2.45, 2.75) is 60.0 Å². The van der Waals surface area contributed by atoms with Gasteiger partial charge in [-0.25, -0.2) is 0 Å². The monoisotopic (exact) mass is 284 g/mol. The summed E-state index contributed by atoms with van der Waals surface area (Å²) in [6, 6.07) is 0. The number of nitrogens with zero attached hydrogens (tertiary/aromatic N) is 1. The van der Waals surface area contributed by atoms with Crippen molar-refractivity contribution in [2.75, 3.05) is 26.2 Å². The molecule has 1 heterocycles. The van der Waals surface area contributed by atoms with E-state index in [9.17, 15) is 9.90 Å². The van der Waals surface area contributed by atoms with E-state index in [1.165, 1.54) is 0 Å². The predicted molar refractivity (Wildman–Crippen MR) is 82.5 cm³/mol. The normalized spacial score (nSPS) is 25.1. The Morgan fingerprint density at radius 2 is 1.80 bits per heavy atom. The van der Waals surface area contributed by atoms with E-state index >= 15 is 0 Å². The fourth-order valence-electron chi connectivity index (χ4n) is 2.60. The molecule has 0 aromatic rings. The Morgan fingerprint density at radius 3 is 2.30 bits per heavy atom. The number of hydrogen-bond donors (Lipinski definition) is 2. The van der Waals surface area contributed by atoms with Crippen LogP contribution in [0.5, 0.6) is 0 Å². The zero-order valence-corrected chi connectivity index (χ0v) is 14.0. The summed E-state index contributed by atoms with van der Waals surface area (Å²) in [5.74, 6) is -0.111. The molecule has 1 saturated heterocycles. The summed E-state index contributed by atoms with van der Waals surface area (Å²) in [7, 11) is 0. The fourth-order valence-corrected chi connectivity index (χ4v) is 2.60. The lowest BCUT2D eigenvalue weighted by Gasteiger charge is -2.41. The third-order valence-electron chi connectivity index (χ3n) is 3.44. The molecule has 0 radical (unpaired) electrons. The van der Waals surface area contributed by atoms with Crippen LogP contribution in [0.4, 0.5) is 0 Å². The molecule has 0 aromatic heterocycles. The average Bonchev–Trinajstić information content (AvgIpc) is 2.21. The summed E-state index contributed by atoms with van der Waals surface area (Å²) >= 11 is 0. The van der Waals surface area contributed by atoms with Gasteiger partial charge < -0.3 is 15.3 Å². The van der Waals surface area contributed by atoms with Crippen molar-refractivity contribution in [1.82, 2.24) is 10.2 Å². The Hall–Kier alpha value is -0.610. The molecule has 1 aliphatic heterocycles. The van der Waals surface area contributed by atoms with Gasteiger partial charge in [0, 0.05) is 26.2 Å². The molecule has 0 aliphatic carbocycles. The third kappa shape index (κ3) is 5.41. The molecule has 1 fully saturated rings. The second-order valence-electron chi connectivity index (χ2n) is 8.59. The molecule has 4 heteroatoms. The lowest BCUT2D eigenvalue weighted by molar-refractivity contribution is -0.158. The summed E-state index contributed by atoms with van der Waals surface area (Å²) in [4.78, 5) is 14.3. The van der Waals surface area contributed by atoms with E-state index in [0.29, 0.717) is 19.5 Å². The molecule has 0 saturated carbocycles. The number of carbonyl (C=O) groups excluding carboxylic acids is 1. The summed E-state index contributed by atoms with van der Waals surface area (Å²) in [6.07, 6.45) is 1.43. The van der Waals surface area contributed by atoms with Gasteiger partial charge in [0.25, 0.3) is 5.91 Å². The van der Waals surface area contributed by atoms with Crippen LogP contribution in [0.3, 0.4) is 0 Å². The van der Waals surface area contributed by atoms with Crippen molar-refractivity contribution in [3.63, 3.8) is 0 Å². The van der Waals surface area contributed by atoms with Crippen molar-refractivity contribution < 1.29 is 9.90 Å². The van der Waals surface area contributed by atoms with E-state index in [1.807, 2.05) is 4.90 Å². The molecule has 1 aliphatic rings. The Morgan fingerprint density at radius 1 is 1.20 bits per heavy atom. The van der Waals surface area contributed by atoms with Crippen LogP contribution in [-0.2, 0) is 4.79 Å². The number of likely N-dealkylation sites (tertiary alicyclic amines) is 1. The molecular weight excluding hydrogens is 252 g/mol. The largest absolute Gasteiger partial charge is 0.379 e. The maximum atomic E-state index is 12.5. The SMILES string of the molecule is CC(C)(C)CNCC1(O)CCCN(CC(C)(C)C)C1=O. The Labute approximate surface area is 123 Å². The van der Waals surface area contributed by atoms with Gasteiger partial charge in [-0.05, 0) is 23.7 Å². The molecular formula is C16H32N2O2. The topological polar surface area (TPSA) is 52.6 Å². The van der Waals surface area contributed by atoms with Crippen LogP contribution in [-0.4, -0.2) is 47.7 Å². The van der Waals surface area contributed by atoms with Gasteiger partial charge in [0.1, 0.15) is 0 Å². The van der Waals surface area contributed by atoms with Crippen molar-refractivity contribution in [3.05, 3.63) is 0 Å². The lowest BCUT2D eigenvalue weighted by Crippen LogP contribution is -2.59. The van der Waals surface area contributed by atoms with Gasteiger partial charge in [0.2, 0.25) is 0 Å². The summed E-state index contributed by atoms with van der Waals surface area (Å²) in [5, 5.41) is 13.9. The van der Waals surface area contributed by atoms with Gasteiger partial charge in [-0.2, -0.15) is 0 Å². The number of piperidine rings is 1. The Bertz CT molecular complexity index is 341. The van der Waals surface area contributed by atoms with Crippen LogP contribution < -0.4 is 5.32 Å². The van der Waals surface area contributed by atoms with Crippen LogP contribution in [0.2, 0.25) is 0 Å². The number of amides is 1. The highest BCUT2D eigenvalue weighted by molar-refractivity contribution is 5.86. The standard InChI is InChI=1S/C16H32N2O2/c1-14(2,3)10-17-11-16(20)8-7-9-18(13(16)19)12-15(4,5)6/h17,20H,7-12H2,1-6H3. The van der Waals surface area contributed by atoms with E-state index in [4.69, 9.17) is 0 Å². The van der Waals surface area contributed by atoms with E-state index < -0.39 is 5.60 Å². The summed E-state index contributed by atoms with van der Waals surface area (Å²) in [5.41, 5.74) is -1.01. The highest BCUT2D eigenvalue weighted by Crippen LogP contribution is 2.26. The minimum Gasteiger partial charge on any atom is -0.379 e. The highest BCUT2D eigenvalue weighted by atomic mass is 16.3. The fraction of sp³-hybridized carbons (Fsp3) is 0.938. The predicted octanol–water partition coefficient (Wildman–Crippen LogP) is 2.02. The number of carbonyl (C=O) groups is 1. The van der Waals surface area contributed by atoms with Gasteiger partial charge >= 0.3 is 0 Å². The number of hydrogen-bond acceptors (Lipinski definition) is 3. The molecule has 2 N–H and O–H groups in total. The molecule has 0 aromatic carbocycles. The first-order valence-corrected chi connectivity index (χ1v) is 7.66. The van der Waals surface area contributed by atoms with Crippen molar-refractivity contribution in [1.29, 1.82) is 0 Å². The van der Waals surface area contributed by atoms with Crippen molar-refractivity contribution >= 4 is 5.91 Å². The summed E-state index contributed by atoms with van der Waals surface area (Å²) < 4.78 is 0. The second kappa shape index (κ2) is 6.02. The molecule has 0 bridgehead atoms. The maximum absolute atomic E-state index is 12.5. The van der Waals surface area contributed by atoms with Crippen LogP contribution in [0.1, 0.15) is 54.4 Å². The first-order chi connectivity index (χ1) is 8.93. The van der Waals surface area contributed by atoms with Gasteiger partial charge in [0.15, 0.2) is 5.60 Å². The van der Waals surface area contributed by atoms with E-state index in [1.54, 1.807) is 0 Å². The first kappa shape index (κ1) is 17.4. The maximum Gasteiger partial charge on any atom is 0.255 e. The number of rotatable bonds is 4. The van der Waals surface area contributed by atoms with Crippen molar-refractivity contribution in [2.24, 2.45) is 10.8 Å². The lowest BCUT2D eigenvalue weighted by atomic mass is 9.88. The highest BCUT2D eigenvalue weighted by Gasteiger charge is 2.42. The zero-order chi connectivity index (χ0) is 15.6. The zero-order valence-electron chi connectivity index (χ0n) is 14.0. The van der Waals surface area contributed by atoms with E-state index in [2.05, 4.69) is 46.9 Å². The smallest absolute Gasteiger partial charge is 0.255 e. The van der Waals surface area contributed by atoms with Gasteiger partial charge in [-0.1, -0.05) is 41.5 Å². The van der Waals surface area contributed by atoms with Crippen LogP contribution in [0.25, 0.3) is 0 Å². The van der Waals surface area contributed by atoms with E-state index in [0.717, 1.165) is 19.5 Å². The van der Waals surface area contributed by atoms with Gasteiger partial charge in [0.05, 0.1) is 0 Å². The minimum atomic E-state index is -1.23. The summed E-state index contributed by atoms with van der Waals surface area (Å²) in [6.45, 7) is 15.4. The number of nitrogens with one attached hydrogen (secondary N) is 1. The van der Waals surface area contributed by atoms with Crippen LogP contribution >= 0.6 is 0 Å². The van der Waals surface area contributed by atoms with Gasteiger partial charge in [-0.3, -0.25) is 4.79 Å². The number of aliphatic hydroxyl groups is 1. The molecule has 1 unspecified atom stereocenters. The molecule has 118 valence electrons. The molecule has 1 atom stereocenters. The Balaban J connectivity index is 2.62. The molecule has 4 nitrogen and oxygen atoms in total. The average molecular weight is 284 g/mol. The first-order valence-electron chi connectivity index (χ1n) is 7.66. The molecule has 20 heavy (non-hydrogen) atoms. The third-order valence-corrected chi connectivity index (χ3v) is 3.44. The van der Waals surface area contributed by atoms with Gasteiger partial charge in [-0.15, -0.1) is 0 Å². The minimum absolute atomic E-state index is 0.0623. The van der Waals surface area contributed by atoms with Crippen LogP contribution in [0.15, 0.2) is 0 Å². The van der Waals surface area contributed by atoms with Crippen LogP contribution in [0, 0.1) is 10.8 Å².